The van der Waals surface area contributed by atoms with Gasteiger partial charge in [-0.15, -0.1) is 0 Å². The maximum Gasteiger partial charge on any atom is 0.291 e. The number of aromatic nitrogens is 2. The molecule has 118 valence electrons. The second-order valence-electron chi connectivity index (χ2n) is 6.29. The van der Waals surface area contributed by atoms with Crippen molar-refractivity contribution < 1.29 is 0 Å². The van der Waals surface area contributed by atoms with E-state index in [0.717, 1.165) is 24.0 Å². The molecule has 0 spiro atoms. The van der Waals surface area contributed by atoms with Gasteiger partial charge in [0.25, 0.3) is 5.56 Å². The van der Waals surface area contributed by atoms with Crippen LogP contribution in [0.1, 0.15) is 32.6 Å². The summed E-state index contributed by atoms with van der Waals surface area (Å²) in [4.78, 5) is 14.7. The predicted molar refractivity (Wildman–Crippen MR) is 89.8 cm³/mol. The van der Waals surface area contributed by atoms with Crippen molar-refractivity contribution in [2.24, 2.45) is 5.92 Å². The van der Waals surface area contributed by atoms with Gasteiger partial charge in [-0.3, -0.25) is 4.79 Å². The molecule has 1 aromatic rings. The Bertz CT molecular complexity index is 525. The molecule has 21 heavy (non-hydrogen) atoms. The predicted octanol–water partition coefficient (Wildman–Crippen LogP) is 2.56. The van der Waals surface area contributed by atoms with Gasteiger partial charge in [0, 0.05) is 12.6 Å². The number of nitrogens with zero attached hydrogens (tertiary/aromatic N) is 3. The molecular formula is C15H25BrN4O. The van der Waals surface area contributed by atoms with Gasteiger partial charge in [0.05, 0.1) is 10.7 Å². The smallest absolute Gasteiger partial charge is 0.291 e. The maximum absolute atomic E-state index is 12.5. The van der Waals surface area contributed by atoms with Crippen LogP contribution < -0.4 is 10.9 Å². The molecule has 0 radical (unpaired) electrons. The van der Waals surface area contributed by atoms with E-state index in [2.05, 4.69) is 52.3 Å². The molecule has 1 saturated carbocycles. The van der Waals surface area contributed by atoms with Crippen LogP contribution in [0.4, 0.5) is 5.69 Å². The van der Waals surface area contributed by atoms with Crippen molar-refractivity contribution in [1.29, 1.82) is 0 Å². The zero-order valence-corrected chi connectivity index (χ0v) is 14.7. The summed E-state index contributed by atoms with van der Waals surface area (Å²) in [6.45, 7) is 3.84. The summed E-state index contributed by atoms with van der Waals surface area (Å²) in [7, 11) is 4.11. The van der Waals surface area contributed by atoms with E-state index >= 15 is 0 Å². The van der Waals surface area contributed by atoms with Crippen LogP contribution in [0.25, 0.3) is 0 Å². The summed E-state index contributed by atoms with van der Waals surface area (Å²) in [5.41, 5.74) is 0.614. The van der Waals surface area contributed by atoms with Crippen molar-refractivity contribution in [2.45, 2.75) is 45.2 Å². The lowest BCUT2D eigenvalue weighted by Gasteiger charge is -2.25. The molecule has 1 fully saturated rings. The highest BCUT2D eigenvalue weighted by Crippen LogP contribution is 2.27. The average molecular weight is 357 g/mol. The Morgan fingerprint density at radius 2 is 2.24 bits per heavy atom. The van der Waals surface area contributed by atoms with Gasteiger partial charge in [0.1, 0.15) is 5.69 Å². The zero-order chi connectivity index (χ0) is 15.4. The van der Waals surface area contributed by atoms with Crippen LogP contribution in [0.3, 0.4) is 0 Å². The van der Waals surface area contributed by atoms with Crippen LogP contribution in [0.15, 0.2) is 15.5 Å². The number of anilines is 1. The van der Waals surface area contributed by atoms with Crippen molar-refractivity contribution in [2.75, 3.05) is 26.0 Å². The lowest BCUT2D eigenvalue weighted by Crippen LogP contribution is -2.33. The van der Waals surface area contributed by atoms with Crippen LogP contribution in [0.2, 0.25) is 0 Å². The van der Waals surface area contributed by atoms with Gasteiger partial charge in [-0.2, -0.15) is 5.10 Å². The first kappa shape index (κ1) is 16.5. The minimum atomic E-state index is -0.0204. The Morgan fingerprint density at radius 1 is 1.52 bits per heavy atom. The second kappa shape index (κ2) is 7.40. The fraction of sp³-hybridized carbons (Fsp3) is 0.733. The second-order valence-corrected chi connectivity index (χ2v) is 7.14. The minimum absolute atomic E-state index is 0.0204. The summed E-state index contributed by atoms with van der Waals surface area (Å²) in [5, 5.41) is 7.59. The first-order chi connectivity index (χ1) is 9.97. The van der Waals surface area contributed by atoms with Gasteiger partial charge < -0.3 is 10.2 Å². The molecule has 0 bridgehead atoms. The fourth-order valence-corrected chi connectivity index (χ4v) is 2.80. The first-order valence-corrected chi connectivity index (χ1v) is 8.43. The molecule has 1 aliphatic carbocycles. The molecule has 1 aromatic heterocycles. The standard InChI is InChI=1S/C15H25BrN4O/c1-11(7-8-19(2)3)18-14-13(16)9-17-20(15(14)21)10-12-5-4-6-12/h9,11-12,18H,4-8,10H2,1-3H3. The topological polar surface area (TPSA) is 50.2 Å². The van der Waals surface area contributed by atoms with E-state index in [0.29, 0.717) is 11.6 Å². The maximum atomic E-state index is 12.5. The van der Waals surface area contributed by atoms with Gasteiger partial charge in [-0.05, 0) is 68.7 Å². The van der Waals surface area contributed by atoms with Crippen molar-refractivity contribution in [3.63, 3.8) is 0 Å². The lowest BCUT2D eigenvalue weighted by molar-refractivity contribution is 0.262. The third-order valence-corrected chi connectivity index (χ3v) is 4.65. The van der Waals surface area contributed by atoms with E-state index in [4.69, 9.17) is 0 Å². The first-order valence-electron chi connectivity index (χ1n) is 7.64. The summed E-state index contributed by atoms with van der Waals surface area (Å²) in [5.74, 6) is 0.621. The summed E-state index contributed by atoms with van der Waals surface area (Å²) >= 11 is 3.44. The highest BCUT2D eigenvalue weighted by Gasteiger charge is 2.20. The Morgan fingerprint density at radius 3 is 2.81 bits per heavy atom. The Balaban J connectivity index is 2.06. The van der Waals surface area contributed by atoms with Crippen LogP contribution in [-0.4, -0.2) is 41.4 Å². The quantitative estimate of drug-likeness (QED) is 0.815. The molecule has 0 saturated heterocycles. The van der Waals surface area contributed by atoms with E-state index in [1.807, 2.05) is 0 Å². The lowest BCUT2D eigenvalue weighted by atomic mass is 9.85. The molecule has 1 aliphatic rings. The average Bonchev–Trinajstić information content (AvgIpc) is 2.38. The van der Waals surface area contributed by atoms with Crippen molar-refractivity contribution >= 4 is 21.6 Å². The minimum Gasteiger partial charge on any atom is -0.377 e. The highest BCUT2D eigenvalue weighted by molar-refractivity contribution is 9.10. The third-order valence-electron chi connectivity index (χ3n) is 4.05. The Labute approximate surface area is 134 Å². The van der Waals surface area contributed by atoms with Gasteiger partial charge in [0.2, 0.25) is 0 Å². The number of hydrogen-bond acceptors (Lipinski definition) is 4. The van der Waals surface area contributed by atoms with Gasteiger partial charge >= 0.3 is 0 Å². The number of rotatable bonds is 7. The SMILES string of the molecule is CC(CCN(C)C)Nc1c(Br)cnn(CC2CCC2)c1=O. The van der Waals surface area contributed by atoms with Gasteiger partial charge in [-0.1, -0.05) is 6.42 Å². The van der Waals surface area contributed by atoms with Gasteiger partial charge in [0.15, 0.2) is 0 Å². The molecular weight excluding hydrogens is 332 g/mol. The molecule has 2 rings (SSSR count). The Kier molecular flexibility index (Phi) is 5.81. The molecule has 0 amide bonds. The summed E-state index contributed by atoms with van der Waals surface area (Å²) in [6, 6.07) is 0.246. The fourth-order valence-electron chi connectivity index (χ4n) is 2.42. The van der Waals surface area contributed by atoms with Crippen LogP contribution >= 0.6 is 15.9 Å². The molecule has 0 aliphatic heterocycles. The number of halogens is 1. The van der Waals surface area contributed by atoms with Crippen molar-refractivity contribution in [1.82, 2.24) is 14.7 Å². The Hall–Kier alpha value is -0.880. The van der Waals surface area contributed by atoms with E-state index < -0.39 is 0 Å². The molecule has 0 aromatic carbocycles. The van der Waals surface area contributed by atoms with Crippen LogP contribution in [0, 0.1) is 5.92 Å². The molecule has 1 atom stereocenters. The van der Waals surface area contributed by atoms with E-state index in [9.17, 15) is 4.79 Å². The normalized spacial score (nSPS) is 16.8. The number of hydrogen-bond donors (Lipinski definition) is 1. The van der Waals surface area contributed by atoms with E-state index in [-0.39, 0.29) is 11.6 Å². The van der Waals surface area contributed by atoms with E-state index in [1.165, 1.54) is 19.3 Å². The molecule has 1 N–H and O–H groups in total. The van der Waals surface area contributed by atoms with Crippen LogP contribution in [0.5, 0.6) is 0 Å². The van der Waals surface area contributed by atoms with Gasteiger partial charge in [-0.25, -0.2) is 4.68 Å². The molecule has 5 nitrogen and oxygen atoms in total. The third kappa shape index (κ3) is 4.54. The summed E-state index contributed by atoms with van der Waals surface area (Å²) in [6.07, 6.45) is 6.42. The van der Waals surface area contributed by atoms with Crippen molar-refractivity contribution in [3.8, 4) is 0 Å². The number of nitrogens with one attached hydrogen (secondary N) is 1. The van der Waals surface area contributed by atoms with E-state index in [1.54, 1.807) is 10.9 Å². The summed E-state index contributed by atoms with van der Waals surface area (Å²) < 4.78 is 2.35. The zero-order valence-electron chi connectivity index (χ0n) is 13.1. The van der Waals surface area contributed by atoms with Crippen molar-refractivity contribution in [3.05, 3.63) is 21.0 Å². The monoisotopic (exact) mass is 356 g/mol. The molecule has 1 unspecified atom stereocenters. The molecule has 6 heteroatoms. The van der Waals surface area contributed by atoms with Crippen LogP contribution in [-0.2, 0) is 6.54 Å². The molecule has 1 heterocycles. The largest absolute Gasteiger partial charge is 0.377 e. The highest BCUT2D eigenvalue weighted by atomic mass is 79.9.